The van der Waals surface area contributed by atoms with Gasteiger partial charge in [0.25, 0.3) is 5.91 Å². The molecule has 1 fully saturated rings. The average molecular weight is 427 g/mol. The maximum atomic E-state index is 12.6. The van der Waals surface area contributed by atoms with E-state index in [-0.39, 0.29) is 24.6 Å². The molecule has 4 rings (SSSR count). The molecular formula is C23H23ClN2O4. The molecule has 156 valence electrons. The summed E-state index contributed by atoms with van der Waals surface area (Å²) in [5, 5.41) is 6.18. The molecule has 0 saturated heterocycles. The molecule has 0 radical (unpaired) electrons. The Balaban J connectivity index is 1.39. The number of carbonyl (C=O) groups excluding carboxylic acids is 2. The van der Waals surface area contributed by atoms with Crippen LogP contribution >= 0.6 is 11.6 Å². The zero-order valence-electron chi connectivity index (χ0n) is 16.4. The molecule has 0 atom stereocenters. The van der Waals surface area contributed by atoms with E-state index in [2.05, 4.69) is 10.6 Å². The van der Waals surface area contributed by atoms with Gasteiger partial charge in [0.1, 0.15) is 0 Å². The fourth-order valence-corrected chi connectivity index (χ4v) is 3.86. The summed E-state index contributed by atoms with van der Waals surface area (Å²) in [5.74, 6) is 0.827. The predicted octanol–water partition coefficient (Wildman–Crippen LogP) is 4.78. The molecule has 7 heteroatoms. The molecule has 30 heavy (non-hydrogen) atoms. The first kappa shape index (κ1) is 20.3. The van der Waals surface area contributed by atoms with Gasteiger partial charge in [0.2, 0.25) is 12.7 Å². The molecule has 1 aliphatic heterocycles. The van der Waals surface area contributed by atoms with E-state index in [0.29, 0.717) is 27.8 Å². The van der Waals surface area contributed by atoms with Crippen molar-refractivity contribution in [1.29, 1.82) is 0 Å². The summed E-state index contributed by atoms with van der Waals surface area (Å²) in [5.41, 5.74) is 1.69. The van der Waals surface area contributed by atoms with Gasteiger partial charge in [-0.3, -0.25) is 9.59 Å². The maximum Gasteiger partial charge on any atom is 0.253 e. The lowest BCUT2D eigenvalue weighted by Crippen LogP contribution is -2.36. The van der Waals surface area contributed by atoms with Crippen molar-refractivity contribution in [2.75, 3.05) is 12.1 Å². The van der Waals surface area contributed by atoms with Gasteiger partial charge in [-0.15, -0.1) is 0 Å². The van der Waals surface area contributed by atoms with Gasteiger partial charge in [-0.1, -0.05) is 36.9 Å². The second kappa shape index (κ2) is 9.22. The standard InChI is InChI=1S/C23H23ClN2O4/c24-19-9-8-17(13-18(19)23(28)26-16-4-2-1-3-5-16)25-22(27)11-7-15-6-10-20-21(12-15)30-14-29-20/h6-13,16H,1-5,14H2,(H,25,27)(H,26,28)/b11-7+. The lowest BCUT2D eigenvalue weighted by atomic mass is 9.95. The lowest BCUT2D eigenvalue weighted by molar-refractivity contribution is -0.111. The monoisotopic (exact) mass is 426 g/mol. The van der Waals surface area contributed by atoms with Crippen LogP contribution in [0.3, 0.4) is 0 Å². The fraction of sp³-hybridized carbons (Fsp3) is 0.304. The van der Waals surface area contributed by atoms with Crippen LogP contribution in [0.25, 0.3) is 6.08 Å². The van der Waals surface area contributed by atoms with Gasteiger partial charge in [0, 0.05) is 17.8 Å². The first-order valence-electron chi connectivity index (χ1n) is 10.1. The Hall–Kier alpha value is -2.99. The Labute approximate surface area is 180 Å². The second-order valence-electron chi connectivity index (χ2n) is 7.44. The molecule has 6 nitrogen and oxygen atoms in total. The number of nitrogens with one attached hydrogen (secondary N) is 2. The highest BCUT2D eigenvalue weighted by Crippen LogP contribution is 2.32. The quantitative estimate of drug-likeness (QED) is 0.674. The fourth-order valence-electron chi connectivity index (χ4n) is 3.66. The highest BCUT2D eigenvalue weighted by Gasteiger charge is 2.19. The maximum absolute atomic E-state index is 12.6. The number of ether oxygens (including phenoxy) is 2. The van der Waals surface area contributed by atoms with Crippen LogP contribution in [0.4, 0.5) is 5.69 Å². The summed E-state index contributed by atoms with van der Waals surface area (Å²) in [4.78, 5) is 24.9. The van der Waals surface area contributed by atoms with Crippen LogP contribution in [-0.2, 0) is 4.79 Å². The normalized spacial score (nSPS) is 15.9. The summed E-state index contributed by atoms with van der Waals surface area (Å²) < 4.78 is 10.6. The van der Waals surface area contributed by atoms with Crippen molar-refractivity contribution in [3.8, 4) is 11.5 Å². The molecule has 0 unspecified atom stereocenters. The molecular weight excluding hydrogens is 404 g/mol. The number of carbonyl (C=O) groups is 2. The van der Waals surface area contributed by atoms with Gasteiger partial charge in [0.15, 0.2) is 11.5 Å². The van der Waals surface area contributed by atoms with Crippen LogP contribution in [0.1, 0.15) is 48.0 Å². The van der Waals surface area contributed by atoms with Crippen molar-refractivity contribution in [3.05, 3.63) is 58.6 Å². The van der Waals surface area contributed by atoms with E-state index in [1.165, 1.54) is 12.5 Å². The van der Waals surface area contributed by atoms with E-state index in [0.717, 1.165) is 31.2 Å². The van der Waals surface area contributed by atoms with Crippen LogP contribution in [0, 0.1) is 0 Å². The zero-order valence-corrected chi connectivity index (χ0v) is 17.2. The lowest BCUT2D eigenvalue weighted by Gasteiger charge is -2.23. The molecule has 2 aromatic carbocycles. The Morgan fingerprint density at radius 3 is 2.63 bits per heavy atom. The summed E-state index contributed by atoms with van der Waals surface area (Å²) in [6, 6.07) is 10.5. The third kappa shape index (κ3) is 4.94. The van der Waals surface area contributed by atoms with Gasteiger partial charge in [-0.2, -0.15) is 0 Å². The van der Waals surface area contributed by atoms with Crippen molar-refractivity contribution in [1.82, 2.24) is 5.32 Å². The molecule has 1 saturated carbocycles. The Bertz CT molecular complexity index is 983. The largest absolute Gasteiger partial charge is 0.454 e. The number of rotatable bonds is 5. The van der Waals surface area contributed by atoms with E-state index >= 15 is 0 Å². The van der Waals surface area contributed by atoms with Crippen molar-refractivity contribution in [2.45, 2.75) is 38.1 Å². The molecule has 1 aliphatic carbocycles. The average Bonchev–Trinajstić information content (AvgIpc) is 3.22. The number of hydrogen-bond donors (Lipinski definition) is 2. The first-order valence-corrected chi connectivity index (χ1v) is 10.5. The van der Waals surface area contributed by atoms with Gasteiger partial charge in [0.05, 0.1) is 10.6 Å². The first-order chi connectivity index (χ1) is 14.6. The van der Waals surface area contributed by atoms with E-state index in [4.69, 9.17) is 21.1 Å². The summed E-state index contributed by atoms with van der Waals surface area (Å²) >= 11 is 6.22. The van der Waals surface area contributed by atoms with Crippen LogP contribution in [-0.4, -0.2) is 24.6 Å². The summed E-state index contributed by atoms with van der Waals surface area (Å²) in [6.07, 6.45) is 8.57. The van der Waals surface area contributed by atoms with Crippen LogP contribution in [0.5, 0.6) is 11.5 Å². The Kier molecular flexibility index (Phi) is 6.23. The number of hydrogen-bond acceptors (Lipinski definition) is 4. The van der Waals surface area contributed by atoms with Gasteiger partial charge in [-0.05, 0) is 54.8 Å². The SMILES string of the molecule is O=C(/C=C/c1ccc2c(c1)OCO2)Nc1ccc(Cl)c(C(=O)NC2CCCCC2)c1. The summed E-state index contributed by atoms with van der Waals surface area (Å²) in [7, 11) is 0. The summed E-state index contributed by atoms with van der Waals surface area (Å²) in [6.45, 7) is 0.205. The molecule has 2 N–H and O–H groups in total. The van der Waals surface area contributed by atoms with E-state index in [9.17, 15) is 9.59 Å². The topological polar surface area (TPSA) is 76.7 Å². The van der Waals surface area contributed by atoms with Crippen molar-refractivity contribution in [2.24, 2.45) is 0 Å². The van der Waals surface area contributed by atoms with Gasteiger partial charge in [-0.25, -0.2) is 0 Å². The zero-order chi connectivity index (χ0) is 20.9. The minimum Gasteiger partial charge on any atom is -0.454 e. The highest BCUT2D eigenvalue weighted by molar-refractivity contribution is 6.34. The molecule has 2 aromatic rings. The minimum atomic E-state index is -0.311. The molecule has 1 heterocycles. The minimum absolute atomic E-state index is 0.185. The second-order valence-corrected chi connectivity index (χ2v) is 7.85. The van der Waals surface area contributed by atoms with Gasteiger partial charge < -0.3 is 20.1 Å². The molecule has 2 aliphatic rings. The van der Waals surface area contributed by atoms with Crippen LogP contribution in [0.2, 0.25) is 5.02 Å². The van der Waals surface area contributed by atoms with E-state index in [1.807, 2.05) is 12.1 Å². The van der Waals surface area contributed by atoms with Gasteiger partial charge >= 0.3 is 0 Å². The smallest absolute Gasteiger partial charge is 0.253 e. The molecule has 0 spiro atoms. The Morgan fingerprint density at radius 2 is 1.80 bits per heavy atom. The van der Waals surface area contributed by atoms with E-state index < -0.39 is 0 Å². The Morgan fingerprint density at radius 1 is 1.00 bits per heavy atom. The number of fused-ring (bicyclic) bond motifs is 1. The molecule has 0 bridgehead atoms. The van der Waals surface area contributed by atoms with Crippen LogP contribution in [0.15, 0.2) is 42.5 Å². The van der Waals surface area contributed by atoms with Crippen molar-refractivity contribution in [3.63, 3.8) is 0 Å². The number of amides is 2. The number of halogens is 1. The molecule has 2 amide bonds. The highest BCUT2D eigenvalue weighted by atomic mass is 35.5. The van der Waals surface area contributed by atoms with Crippen molar-refractivity contribution >= 4 is 35.2 Å². The number of benzene rings is 2. The third-order valence-corrected chi connectivity index (χ3v) is 5.57. The third-order valence-electron chi connectivity index (χ3n) is 5.24. The van der Waals surface area contributed by atoms with E-state index in [1.54, 1.807) is 30.3 Å². The predicted molar refractivity (Wildman–Crippen MR) is 116 cm³/mol. The molecule has 0 aromatic heterocycles. The van der Waals surface area contributed by atoms with Crippen molar-refractivity contribution < 1.29 is 19.1 Å². The number of anilines is 1. The van der Waals surface area contributed by atoms with Crippen LogP contribution < -0.4 is 20.1 Å².